The molecule has 0 bridgehead atoms. The molecule has 0 fully saturated rings. The summed E-state index contributed by atoms with van der Waals surface area (Å²) < 4.78 is 6.89. The zero-order valence-corrected chi connectivity index (χ0v) is 41.3. The summed E-state index contributed by atoms with van der Waals surface area (Å²) in [6.45, 7) is 6.74. The van der Waals surface area contributed by atoms with Crippen LogP contribution >= 0.6 is 0 Å². The van der Waals surface area contributed by atoms with Gasteiger partial charge in [-0.1, -0.05) is 175 Å². The number of nitrogens with zero attached hydrogens (tertiary/aromatic N) is 5. The van der Waals surface area contributed by atoms with E-state index >= 15 is 0 Å². The number of aromatic nitrogens is 4. The summed E-state index contributed by atoms with van der Waals surface area (Å²) >= 11 is 0. The minimum Gasteiger partial charge on any atom is -0.357 e. The van der Waals surface area contributed by atoms with Crippen LogP contribution in [0.2, 0.25) is 0 Å². The van der Waals surface area contributed by atoms with Gasteiger partial charge in [0.2, 0.25) is 0 Å². The molecule has 0 aliphatic heterocycles. The van der Waals surface area contributed by atoms with E-state index in [4.69, 9.17) is 4.98 Å². The summed E-state index contributed by atoms with van der Waals surface area (Å²) in [5.74, 6) is 0.816. The van der Waals surface area contributed by atoms with Crippen molar-refractivity contribution in [3.8, 4) is 56.0 Å². The van der Waals surface area contributed by atoms with Crippen LogP contribution < -0.4 is 4.90 Å². The Balaban J connectivity index is 0.00000533. The van der Waals surface area contributed by atoms with Crippen LogP contribution in [0.5, 0.6) is 0 Å². The minimum atomic E-state index is -0.143. The third kappa shape index (κ3) is 7.92. The number of imidazole rings is 1. The molecule has 0 spiro atoms. The predicted octanol–water partition coefficient (Wildman–Crippen LogP) is 16.7. The van der Waals surface area contributed by atoms with Crippen molar-refractivity contribution in [3.63, 3.8) is 0 Å². The van der Waals surface area contributed by atoms with Gasteiger partial charge in [0.1, 0.15) is 5.82 Å². The first kappa shape index (κ1) is 44.4. The molecule has 3 heterocycles. The number of fused-ring (bicyclic) bond motifs is 4. The molecule has 0 atom stereocenters. The summed E-state index contributed by atoms with van der Waals surface area (Å²) in [6, 6.07) is 87.8. The first-order chi connectivity index (χ1) is 33.9. The van der Waals surface area contributed by atoms with Gasteiger partial charge in [0.15, 0.2) is 17.4 Å². The molecule has 70 heavy (non-hydrogen) atoms. The van der Waals surface area contributed by atoms with E-state index < -0.39 is 0 Å². The average molecular weight is 1080 g/mol. The first-order valence-corrected chi connectivity index (χ1v) is 23.5. The third-order valence-electron chi connectivity index (χ3n) is 13.2. The van der Waals surface area contributed by atoms with E-state index in [1.807, 2.05) is 6.20 Å². The molecule has 12 rings (SSSR count). The molecule has 0 amide bonds. The van der Waals surface area contributed by atoms with Gasteiger partial charge >= 0.3 is 0 Å². The molecular formula is C64H48N5Pt-. The Hall–Kier alpha value is -8.11. The van der Waals surface area contributed by atoms with Crippen LogP contribution in [-0.2, 0) is 26.6 Å². The number of benzene rings is 9. The Bertz CT molecular complexity index is 3770. The molecule has 0 unspecified atom stereocenters. The quantitative estimate of drug-likeness (QED) is 0.135. The number of anilines is 3. The third-order valence-corrected chi connectivity index (χ3v) is 13.2. The molecule has 0 aliphatic carbocycles. The van der Waals surface area contributed by atoms with Crippen LogP contribution in [0.4, 0.5) is 17.1 Å². The maximum Gasteiger partial charge on any atom is 0.188 e. The van der Waals surface area contributed by atoms with E-state index in [0.29, 0.717) is 0 Å². The molecule has 0 N–H and O–H groups in total. The zero-order chi connectivity index (χ0) is 46.5. The van der Waals surface area contributed by atoms with Crippen LogP contribution in [0.15, 0.2) is 237 Å². The van der Waals surface area contributed by atoms with Crippen LogP contribution in [-0.4, -0.2) is 18.7 Å². The van der Waals surface area contributed by atoms with Crippen molar-refractivity contribution < 1.29 is 21.1 Å². The van der Waals surface area contributed by atoms with Crippen molar-refractivity contribution in [2.24, 2.45) is 0 Å². The molecule has 0 saturated heterocycles. The van der Waals surface area contributed by atoms with E-state index in [0.717, 1.165) is 94.8 Å². The summed E-state index contributed by atoms with van der Waals surface area (Å²) in [4.78, 5) is 7.48. The van der Waals surface area contributed by atoms with Crippen molar-refractivity contribution in [2.75, 3.05) is 4.90 Å². The van der Waals surface area contributed by atoms with Crippen LogP contribution in [0.3, 0.4) is 0 Å². The van der Waals surface area contributed by atoms with Crippen LogP contribution in [0, 0.1) is 12.1 Å². The summed E-state index contributed by atoms with van der Waals surface area (Å²) in [7, 11) is 0. The number of hydrogen-bond donors (Lipinski definition) is 0. The Kier molecular flexibility index (Phi) is 11.7. The fourth-order valence-corrected chi connectivity index (χ4v) is 9.97. The van der Waals surface area contributed by atoms with Gasteiger partial charge in [0.25, 0.3) is 0 Å². The first-order valence-electron chi connectivity index (χ1n) is 23.5. The Morgan fingerprint density at radius 1 is 0.457 bits per heavy atom. The van der Waals surface area contributed by atoms with Gasteiger partial charge in [-0.05, 0) is 89.9 Å². The van der Waals surface area contributed by atoms with Crippen LogP contribution in [0.1, 0.15) is 20.8 Å². The van der Waals surface area contributed by atoms with E-state index in [2.05, 4.69) is 282 Å². The Labute approximate surface area is 423 Å². The largest absolute Gasteiger partial charge is 0.357 e. The molecule has 0 radical (unpaired) electrons. The number of hydrogen-bond acceptors (Lipinski definition) is 2. The van der Waals surface area contributed by atoms with E-state index in [1.54, 1.807) is 0 Å². The van der Waals surface area contributed by atoms with Crippen molar-refractivity contribution in [3.05, 3.63) is 249 Å². The fraction of sp³-hybridized carbons (Fsp3) is 0.0625. The summed E-state index contributed by atoms with van der Waals surface area (Å²) in [5, 5.41) is 2.22. The molecule has 3 aromatic heterocycles. The Morgan fingerprint density at radius 3 is 1.64 bits per heavy atom. The van der Waals surface area contributed by atoms with Gasteiger partial charge in [-0.25, -0.2) is 14.1 Å². The van der Waals surface area contributed by atoms with Gasteiger partial charge in [0.05, 0.1) is 11.2 Å². The molecule has 340 valence electrons. The molecule has 5 nitrogen and oxygen atoms in total. The molecule has 12 aromatic rings. The second-order valence-electron chi connectivity index (χ2n) is 18.5. The summed E-state index contributed by atoms with van der Waals surface area (Å²) in [6.07, 6.45) is 4.15. The van der Waals surface area contributed by atoms with Gasteiger partial charge in [0, 0.05) is 61.7 Å². The number of para-hydroxylation sites is 4. The van der Waals surface area contributed by atoms with E-state index in [1.165, 1.54) is 11.1 Å². The maximum atomic E-state index is 5.12. The smallest absolute Gasteiger partial charge is 0.188 e. The maximum absolute atomic E-state index is 5.12. The minimum absolute atomic E-state index is 0. The standard InChI is InChI=1S/C64H48N5.Pt/c1-64(2,3)67-44-66(59-35-17-18-36-60(59)67)49-27-19-28-50(42-49)68(63-54(46-23-9-5-10-24-46)32-20-33-55(63)47-25-11-6-12-26-47)51-37-38-57-56-31-15-16-34-58(56)69(61(57)43-51)62-41-48(39-40-65-62)53-30-14-13-29-52(53)45-21-7-4-8-22-45;/h4-41,44H,1-3H3;/q-1;. The normalized spacial score (nSPS) is 11.5. The van der Waals surface area contributed by atoms with Gasteiger partial charge in [-0.3, -0.25) is 0 Å². The Morgan fingerprint density at radius 2 is 0.986 bits per heavy atom. The monoisotopic (exact) mass is 1080 g/mol. The molecule has 9 aromatic carbocycles. The van der Waals surface area contributed by atoms with Crippen molar-refractivity contribution in [2.45, 2.75) is 26.3 Å². The second kappa shape index (κ2) is 18.4. The van der Waals surface area contributed by atoms with Gasteiger partial charge in [-0.2, -0.15) is 12.1 Å². The zero-order valence-electron chi connectivity index (χ0n) is 39.1. The average Bonchev–Trinajstić information content (AvgIpc) is 3.97. The van der Waals surface area contributed by atoms with E-state index in [9.17, 15) is 0 Å². The molecular weight excluding hydrogens is 1030 g/mol. The van der Waals surface area contributed by atoms with Gasteiger partial charge < -0.3 is 9.47 Å². The molecule has 6 heteroatoms. The van der Waals surface area contributed by atoms with Crippen LogP contribution in [0.25, 0.3) is 88.9 Å². The predicted molar refractivity (Wildman–Crippen MR) is 287 cm³/mol. The van der Waals surface area contributed by atoms with Crippen molar-refractivity contribution in [1.29, 1.82) is 0 Å². The topological polar surface area (TPSA) is 30.9 Å². The fourth-order valence-electron chi connectivity index (χ4n) is 9.97. The number of pyridine rings is 1. The van der Waals surface area contributed by atoms with Crippen molar-refractivity contribution in [1.82, 2.24) is 18.7 Å². The second-order valence-corrected chi connectivity index (χ2v) is 18.5. The molecule has 0 aliphatic rings. The summed E-state index contributed by atoms with van der Waals surface area (Å²) in [5.41, 5.74) is 16.8. The van der Waals surface area contributed by atoms with Crippen molar-refractivity contribution >= 4 is 49.9 Å². The SMILES string of the molecule is CC(C)(C)n1[cH+]n(-c2[c-]c(N(c3[c-]c4c(cc3)c3ccccc3n4-c3cc(-c4ccccc4-c4ccccc4)ccn3)c3c(-c4ccccc4)cccc3-c3ccccc3)ccc2)c2ccccc21.[Pt]. The molecule has 0 saturated carbocycles. The number of rotatable bonds is 9. The van der Waals surface area contributed by atoms with Gasteiger partial charge in [-0.15, -0.1) is 29.7 Å². The van der Waals surface area contributed by atoms with E-state index in [-0.39, 0.29) is 26.6 Å².